The van der Waals surface area contributed by atoms with E-state index in [9.17, 15) is 4.39 Å². The van der Waals surface area contributed by atoms with E-state index in [0.717, 1.165) is 10.5 Å². The van der Waals surface area contributed by atoms with Gasteiger partial charge in [0.2, 0.25) is 0 Å². The summed E-state index contributed by atoms with van der Waals surface area (Å²) in [5.74, 6) is -0.187. The van der Waals surface area contributed by atoms with Gasteiger partial charge in [-0.05, 0) is 43.9 Å². The summed E-state index contributed by atoms with van der Waals surface area (Å²) >= 11 is 1.55. The molecule has 1 saturated heterocycles. The summed E-state index contributed by atoms with van der Waals surface area (Å²) in [7, 11) is 0. The average molecular weight is 241 g/mol. The molecule has 0 radical (unpaired) electrons. The first kappa shape index (κ1) is 11.9. The fourth-order valence-corrected chi connectivity index (χ4v) is 2.36. The third-order valence-electron chi connectivity index (χ3n) is 2.66. The first-order valence-corrected chi connectivity index (χ1v) is 6.49. The second-order valence-electron chi connectivity index (χ2n) is 4.44. The van der Waals surface area contributed by atoms with Crippen LogP contribution in [0.5, 0.6) is 0 Å². The normalized spacial score (nSPS) is 23.6. The maximum atomic E-state index is 13.4. The summed E-state index contributed by atoms with van der Waals surface area (Å²) in [5, 5.41) is 3.33. The van der Waals surface area contributed by atoms with Gasteiger partial charge in [-0.3, -0.25) is 5.32 Å². The highest BCUT2D eigenvalue weighted by Crippen LogP contribution is 2.28. The molecule has 1 aliphatic rings. The van der Waals surface area contributed by atoms with E-state index < -0.39 is 0 Å². The van der Waals surface area contributed by atoms with E-state index in [0.29, 0.717) is 6.61 Å². The molecular formula is C12H16FNOS. The first-order chi connectivity index (χ1) is 7.50. The van der Waals surface area contributed by atoms with E-state index in [1.165, 1.54) is 0 Å². The molecule has 1 heterocycles. The molecule has 0 saturated carbocycles. The van der Waals surface area contributed by atoms with Gasteiger partial charge in [-0.1, -0.05) is 0 Å². The minimum absolute atomic E-state index is 0.0802. The third kappa shape index (κ3) is 2.56. The Balaban J connectivity index is 2.24. The van der Waals surface area contributed by atoms with Crippen molar-refractivity contribution in [2.45, 2.75) is 30.5 Å². The molecule has 1 fully saturated rings. The van der Waals surface area contributed by atoms with E-state index in [1.54, 1.807) is 23.9 Å². The van der Waals surface area contributed by atoms with Crippen LogP contribution in [-0.2, 0) is 4.74 Å². The number of ether oxygens (including phenoxy) is 1. The largest absolute Gasteiger partial charge is 0.359 e. The van der Waals surface area contributed by atoms with Gasteiger partial charge in [-0.2, -0.15) is 0 Å². The number of halogens is 1. The Hall–Kier alpha value is -0.580. The smallest absolute Gasteiger partial charge is 0.124 e. The molecule has 1 atom stereocenters. The van der Waals surface area contributed by atoms with Crippen molar-refractivity contribution in [3.8, 4) is 0 Å². The summed E-state index contributed by atoms with van der Waals surface area (Å²) in [4.78, 5) is 0.946. The van der Waals surface area contributed by atoms with Crippen LogP contribution in [0.2, 0.25) is 0 Å². The van der Waals surface area contributed by atoms with Crippen LogP contribution >= 0.6 is 11.8 Å². The molecule has 16 heavy (non-hydrogen) atoms. The zero-order chi connectivity index (χ0) is 11.8. The molecule has 4 heteroatoms. The van der Waals surface area contributed by atoms with E-state index in [-0.39, 0.29) is 17.6 Å². The molecular weight excluding hydrogens is 225 g/mol. The lowest BCUT2D eigenvalue weighted by molar-refractivity contribution is 0.0231. The van der Waals surface area contributed by atoms with Crippen molar-refractivity contribution in [2.24, 2.45) is 0 Å². The molecule has 0 spiro atoms. The Morgan fingerprint density at radius 3 is 2.75 bits per heavy atom. The maximum absolute atomic E-state index is 13.4. The second kappa shape index (κ2) is 4.35. The molecule has 1 N–H and O–H groups in total. The average Bonchev–Trinajstić information content (AvgIpc) is 2.58. The SMILES string of the molecule is CSc1cc(F)cc([C@H]2COC(C)(C)N2)c1. The number of thioether (sulfide) groups is 1. The molecule has 0 aromatic heterocycles. The van der Waals surface area contributed by atoms with Gasteiger partial charge in [-0.25, -0.2) is 4.39 Å². The van der Waals surface area contributed by atoms with Gasteiger partial charge in [0.1, 0.15) is 11.5 Å². The van der Waals surface area contributed by atoms with E-state index >= 15 is 0 Å². The number of hydrogen-bond acceptors (Lipinski definition) is 3. The minimum Gasteiger partial charge on any atom is -0.359 e. The number of hydrogen-bond donors (Lipinski definition) is 1. The fraction of sp³-hybridized carbons (Fsp3) is 0.500. The molecule has 0 unspecified atom stereocenters. The molecule has 0 amide bonds. The topological polar surface area (TPSA) is 21.3 Å². The zero-order valence-electron chi connectivity index (χ0n) is 9.71. The highest BCUT2D eigenvalue weighted by Gasteiger charge is 2.31. The van der Waals surface area contributed by atoms with Crippen LogP contribution in [0.25, 0.3) is 0 Å². The van der Waals surface area contributed by atoms with Crippen molar-refractivity contribution in [3.63, 3.8) is 0 Å². The summed E-state index contributed by atoms with van der Waals surface area (Å²) in [6.07, 6.45) is 1.95. The van der Waals surface area contributed by atoms with Gasteiger partial charge in [-0.15, -0.1) is 11.8 Å². The van der Waals surface area contributed by atoms with E-state index in [4.69, 9.17) is 4.74 Å². The molecule has 88 valence electrons. The Morgan fingerprint density at radius 1 is 1.44 bits per heavy atom. The van der Waals surface area contributed by atoms with Gasteiger partial charge >= 0.3 is 0 Å². The maximum Gasteiger partial charge on any atom is 0.124 e. The van der Waals surface area contributed by atoms with Crippen LogP contribution in [0.15, 0.2) is 23.1 Å². The van der Waals surface area contributed by atoms with Gasteiger partial charge in [0.05, 0.1) is 12.6 Å². The predicted molar refractivity (Wildman–Crippen MR) is 64.1 cm³/mol. The molecule has 1 aromatic carbocycles. The van der Waals surface area contributed by atoms with Crippen molar-refractivity contribution in [2.75, 3.05) is 12.9 Å². The molecule has 2 rings (SSSR count). The lowest BCUT2D eigenvalue weighted by Gasteiger charge is -2.18. The number of rotatable bonds is 2. The van der Waals surface area contributed by atoms with Crippen molar-refractivity contribution in [1.82, 2.24) is 5.32 Å². The lowest BCUT2D eigenvalue weighted by Crippen LogP contribution is -2.34. The van der Waals surface area contributed by atoms with Crippen molar-refractivity contribution in [3.05, 3.63) is 29.6 Å². The van der Waals surface area contributed by atoms with Crippen LogP contribution in [0.1, 0.15) is 25.5 Å². The van der Waals surface area contributed by atoms with Crippen molar-refractivity contribution >= 4 is 11.8 Å². The van der Waals surface area contributed by atoms with Gasteiger partial charge in [0.25, 0.3) is 0 Å². The summed E-state index contributed by atoms with van der Waals surface area (Å²) in [6.45, 7) is 4.54. The summed E-state index contributed by atoms with van der Waals surface area (Å²) in [6, 6.07) is 5.21. The first-order valence-electron chi connectivity index (χ1n) is 5.26. The minimum atomic E-state index is -0.323. The molecule has 2 nitrogen and oxygen atoms in total. The molecule has 1 aliphatic heterocycles. The summed E-state index contributed by atoms with van der Waals surface area (Å²) < 4.78 is 19.0. The second-order valence-corrected chi connectivity index (χ2v) is 5.32. The van der Waals surface area contributed by atoms with E-state index in [1.807, 2.05) is 26.2 Å². The van der Waals surface area contributed by atoms with Gasteiger partial charge < -0.3 is 4.74 Å². The molecule has 0 bridgehead atoms. The van der Waals surface area contributed by atoms with Crippen LogP contribution in [-0.4, -0.2) is 18.6 Å². The highest BCUT2D eigenvalue weighted by atomic mass is 32.2. The van der Waals surface area contributed by atoms with Gasteiger partial charge in [0, 0.05) is 4.90 Å². The standard InChI is InChI=1S/C12H16FNOS/c1-12(2)14-11(7-15-12)8-4-9(13)6-10(5-8)16-3/h4-6,11,14H,7H2,1-3H3/t11-/m1/s1. The van der Waals surface area contributed by atoms with Crippen molar-refractivity contribution in [1.29, 1.82) is 0 Å². The predicted octanol–water partition coefficient (Wildman–Crippen LogP) is 2.94. The van der Waals surface area contributed by atoms with Crippen LogP contribution in [0.4, 0.5) is 4.39 Å². The van der Waals surface area contributed by atoms with Crippen LogP contribution in [0.3, 0.4) is 0 Å². The zero-order valence-corrected chi connectivity index (χ0v) is 10.5. The Bertz CT molecular complexity index is 395. The quantitative estimate of drug-likeness (QED) is 0.804. The Kier molecular flexibility index (Phi) is 3.24. The highest BCUT2D eigenvalue weighted by molar-refractivity contribution is 7.98. The number of nitrogens with one attached hydrogen (secondary N) is 1. The lowest BCUT2D eigenvalue weighted by atomic mass is 10.1. The Labute approximate surface area is 99.6 Å². The Morgan fingerprint density at radius 2 is 2.19 bits per heavy atom. The number of benzene rings is 1. The van der Waals surface area contributed by atoms with Gasteiger partial charge in [0.15, 0.2) is 0 Å². The monoisotopic (exact) mass is 241 g/mol. The van der Waals surface area contributed by atoms with Crippen LogP contribution < -0.4 is 5.32 Å². The van der Waals surface area contributed by atoms with Crippen molar-refractivity contribution < 1.29 is 9.13 Å². The molecule has 0 aliphatic carbocycles. The summed E-state index contributed by atoms with van der Waals surface area (Å²) in [5.41, 5.74) is 0.631. The van der Waals surface area contributed by atoms with Crippen LogP contribution in [0, 0.1) is 5.82 Å². The molecule has 1 aromatic rings. The third-order valence-corrected chi connectivity index (χ3v) is 3.37. The fourth-order valence-electron chi connectivity index (χ4n) is 1.88. The van der Waals surface area contributed by atoms with E-state index in [2.05, 4.69) is 5.32 Å².